The molecule has 5 aromatic rings. The number of rotatable bonds is 4. The summed E-state index contributed by atoms with van der Waals surface area (Å²) in [7, 11) is 0. The maximum absolute atomic E-state index is 12.3. The first-order valence-corrected chi connectivity index (χ1v) is 9.57. The van der Waals surface area contributed by atoms with Gasteiger partial charge in [0.1, 0.15) is 0 Å². The number of hydrogen-bond donors (Lipinski definition) is 1. The molecule has 0 fully saturated rings. The molecular formula is C22H16N6O3. The van der Waals surface area contributed by atoms with Gasteiger partial charge in [-0.25, -0.2) is 9.78 Å². The molecule has 0 aliphatic carbocycles. The van der Waals surface area contributed by atoms with E-state index in [1.807, 2.05) is 24.3 Å². The highest BCUT2D eigenvalue weighted by molar-refractivity contribution is 5.93. The van der Waals surface area contributed by atoms with Crippen molar-refractivity contribution in [2.45, 2.75) is 13.0 Å². The second kappa shape index (κ2) is 7.45. The minimum Gasteiger partial charge on any atom is -0.451 e. The van der Waals surface area contributed by atoms with Crippen molar-refractivity contribution in [1.29, 1.82) is 0 Å². The Labute approximate surface area is 175 Å². The van der Waals surface area contributed by atoms with Gasteiger partial charge in [0.05, 0.1) is 17.1 Å². The van der Waals surface area contributed by atoms with Gasteiger partial charge < -0.3 is 9.72 Å². The molecule has 9 nitrogen and oxygen atoms in total. The zero-order valence-electron chi connectivity index (χ0n) is 16.4. The predicted molar refractivity (Wildman–Crippen MR) is 114 cm³/mol. The van der Waals surface area contributed by atoms with Crippen molar-refractivity contribution >= 4 is 39.4 Å². The summed E-state index contributed by atoms with van der Waals surface area (Å²) in [6.07, 6.45) is 3.69. The van der Waals surface area contributed by atoms with Gasteiger partial charge in [0.25, 0.3) is 5.56 Å². The van der Waals surface area contributed by atoms with Crippen molar-refractivity contribution in [3.8, 4) is 0 Å². The van der Waals surface area contributed by atoms with E-state index in [1.54, 1.807) is 41.9 Å². The van der Waals surface area contributed by atoms with Crippen molar-refractivity contribution < 1.29 is 9.53 Å². The zero-order valence-corrected chi connectivity index (χ0v) is 16.4. The second-order valence-electron chi connectivity index (χ2n) is 6.91. The maximum atomic E-state index is 12.3. The van der Waals surface area contributed by atoms with Gasteiger partial charge in [-0.15, -0.1) is 10.2 Å². The monoisotopic (exact) mass is 412 g/mol. The Kier molecular flexibility index (Phi) is 4.47. The fourth-order valence-corrected chi connectivity index (χ4v) is 3.32. The number of carbonyl (C=O) groups excluding carboxylic acids is 1. The number of benzene rings is 2. The molecule has 3 aromatic heterocycles. The summed E-state index contributed by atoms with van der Waals surface area (Å²) in [5, 5.41) is 14.9. The second-order valence-corrected chi connectivity index (χ2v) is 6.91. The van der Waals surface area contributed by atoms with Crippen LogP contribution in [0, 0.1) is 0 Å². The number of H-pyrrole nitrogens is 1. The number of nitrogens with one attached hydrogen (secondary N) is 1. The van der Waals surface area contributed by atoms with E-state index in [0.29, 0.717) is 22.4 Å². The van der Waals surface area contributed by atoms with E-state index in [4.69, 9.17) is 4.74 Å². The lowest BCUT2D eigenvalue weighted by atomic mass is 10.2. The molecule has 0 saturated heterocycles. The standard InChI is InChI=1S/C22H16N6O3/c1-13(20-24-17-9-5-4-8-16(17)22(30)25-20)31-19(29)11-10-18-26-27-21-15-7-3-2-6-14(15)12-23-28(18)21/h2-13H,1H3,(H,24,25,30)/b11-10+/t13-/m0/s1. The Balaban J connectivity index is 1.37. The van der Waals surface area contributed by atoms with Gasteiger partial charge >= 0.3 is 5.97 Å². The van der Waals surface area contributed by atoms with Crippen LogP contribution < -0.4 is 5.56 Å². The summed E-state index contributed by atoms with van der Waals surface area (Å²) in [5.74, 6) is 0.0509. The van der Waals surface area contributed by atoms with Crippen LogP contribution in [0.1, 0.15) is 24.7 Å². The van der Waals surface area contributed by atoms with Gasteiger partial charge in [0.15, 0.2) is 23.4 Å². The smallest absolute Gasteiger partial charge is 0.331 e. The van der Waals surface area contributed by atoms with Crippen LogP contribution in [0.25, 0.3) is 33.4 Å². The lowest BCUT2D eigenvalue weighted by Gasteiger charge is -2.11. The highest BCUT2D eigenvalue weighted by atomic mass is 16.5. The number of nitrogens with zero attached hydrogens (tertiary/aromatic N) is 5. The molecule has 0 amide bonds. The summed E-state index contributed by atoms with van der Waals surface area (Å²) < 4.78 is 6.94. The first kappa shape index (κ1) is 18.6. The number of esters is 1. The van der Waals surface area contributed by atoms with Crippen LogP contribution in [0.2, 0.25) is 0 Å². The van der Waals surface area contributed by atoms with E-state index >= 15 is 0 Å². The predicted octanol–water partition coefficient (Wildman–Crippen LogP) is 2.83. The Morgan fingerprint density at radius 1 is 1.10 bits per heavy atom. The van der Waals surface area contributed by atoms with E-state index in [1.165, 1.54) is 12.2 Å². The largest absolute Gasteiger partial charge is 0.451 e. The zero-order chi connectivity index (χ0) is 21.4. The van der Waals surface area contributed by atoms with Crippen LogP contribution in [-0.2, 0) is 9.53 Å². The van der Waals surface area contributed by atoms with Gasteiger partial charge in [-0.3, -0.25) is 4.79 Å². The molecule has 0 bridgehead atoms. The van der Waals surface area contributed by atoms with Gasteiger partial charge in [0.2, 0.25) is 0 Å². The molecular weight excluding hydrogens is 396 g/mol. The summed E-state index contributed by atoms with van der Waals surface area (Å²) in [5.41, 5.74) is 0.845. The van der Waals surface area contributed by atoms with E-state index in [-0.39, 0.29) is 11.4 Å². The first-order valence-electron chi connectivity index (χ1n) is 9.57. The van der Waals surface area contributed by atoms with E-state index in [9.17, 15) is 9.59 Å². The third-order valence-electron chi connectivity index (χ3n) is 4.86. The molecule has 0 radical (unpaired) electrons. The fraction of sp³-hybridized carbons (Fsp3) is 0.0909. The molecule has 152 valence electrons. The van der Waals surface area contributed by atoms with Gasteiger partial charge in [-0.1, -0.05) is 36.4 Å². The number of fused-ring (bicyclic) bond motifs is 4. The number of hydrogen-bond acceptors (Lipinski definition) is 7. The van der Waals surface area contributed by atoms with Crippen molar-refractivity contribution in [3.63, 3.8) is 0 Å². The summed E-state index contributed by atoms with van der Waals surface area (Å²) >= 11 is 0. The maximum Gasteiger partial charge on any atom is 0.331 e. The molecule has 1 atom stereocenters. The molecule has 0 unspecified atom stereocenters. The van der Waals surface area contributed by atoms with Crippen molar-refractivity contribution in [2.75, 3.05) is 0 Å². The van der Waals surface area contributed by atoms with Crippen LogP contribution in [0.4, 0.5) is 0 Å². The van der Waals surface area contributed by atoms with E-state index < -0.39 is 12.1 Å². The van der Waals surface area contributed by atoms with Gasteiger partial charge in [-0.05, 0) is 25.1 Å². The highest BCUT2D eigenvalue weighted by Gasteiger charge is 2.15. The average molecular weight is 412 g/mol. The summed E-state index contributed by atoms with van der Waals surface area (Å²) in [6.45, 7) is 1.64. The number of aromatic nitrogens is 6. The Morgan fingerprint density at radius 2 is 1.87 bits per heavy atom. The molecule has 2 aromatic carbocycles. The molecule has 9 heteroatoms. The van der Waals surface area contributed by atoms with Gasteiger partial charge in [-0.2, -0.15) is 9.61 Å². The lowest BCUT2D eigenvalue weighted by molar-refractivity contribution is -0.142. The third kappa shape index (κ3) is 3.42. The Morgan fingerprint density at radius 3 is 2.74 bits per heavy atom. The molecule has 0 aliphatic rings. The first-order chi connectivity index (χ1) is 15.1. The minimum atomic E-state index is -0.744. The molecule has 3 heterocycles. The molecule has 31 heavy (non-hydrogen) atoms. The lowest BCUT2D eigenvalue weighted by Crippen LogP contribution is -2.16. The number of carbonyl (C=O) groups is 1. The number of para-hydroxylation sites is 1. The topological polar surface area (TPSA) is 115 Å². The number of ether oxygens (including phenoxy) is 1. The van der Waals surface area contributed by atoms with Gasteiger partial charge in [0, 0.05) is 16.8 Å². The third-order valence-corrected chi connectivity index (χ3v) is 4.86. The van der Waals surface area contributed by atoms with Crippen LogP contribution in [0.5, 0.6) is 0 Å². The van der Waals surface area contributed by atoms with Crippen LogP contribution in [0.15, 0.2) is 65.6 Å². The van der Waals surface area contributed by atoms with E-state index in [0.717, 1.165) is 10.8 Å². The normalized spacial score (nSPS) is 12.7. The molecule has 5 rings (SSSR count). The molecule has 0 aliphatic heterocycles. The molecule has 0 saturated carbocycles. The van der Waals surface area contributed by atoms with Crippen LogP contribution in [0.3, 0.4) is 0 Å². The fourth-order valence-electron chi connectivity index (χ4n) is 3.32. The SMILES string of the molecule is C[C@H](OC(=O)/C=C/c1nnc2c3ccccc3cnn12)c1nc2ccccc2c(=O)[nH]1. The molecule has 0 spiro atoms. The van der Waals surface area contributed by atoms with Crippen LogP contribution in [-0.4, -0.2) is 35.7 Å². The quantitative estimate of drug-likeness (QED) is 0.356. The summed E-state index contributed by atoms with van der Waals surface area (Å²) in [6, 6.07) is 14.7. The van der Waals surface area contributed by atoms with Crippen molar-refractivity contribution in [2.24, 2.45) is 0 Å². The Hall–Kier alpha value is -4.40. The van der Waals surface area contributed by atoms with Crippen molar-refractivity contribution in [1.82, 2.24) is 29.8 Å². The van der Waals surface area contributed by atoms with Crippen LogP contribution >= 0.6 is 0 Å². The van der Waals surface area contributed by atoms with Crippen molar-refractivity contribution in [3.05, 3.63) is 82.8 Å². The number of aromatic amines is 1. The average Bonchev–Trinajstić information content (AvgIpc) is 3.21. The Bertz CT molecular complexity index is 1540. The minimum absolute atomic E-state index is 0.270. The molecule has 1 N–H and O–H groups in total. The highest BCUT2D eigenvalue weighted by Crippen LogP contribution is 2.18. The summed E-state index contributed by atoms with van der Waals surface area (Å²) in [4.78, 5) is 31.6. The van der Waals surface area contributed by atoms with E-state index in [2.05, 4.69) is 25.3 Å².